The van der Waals surface area contributed by atoms with Crippen LogP contribution in [0, 0.1) is 0 Å². The van der Waals surface area contributed by atoms with Crippen LogP contribution in [0.15, 0.2) is 42.5 Å². The first-order valence-corrected chi connectivity index (χ1v) is 8.91. The fraction of sp³-hybridized carbons (Fsp3) is 0.450. The van der Waals surface area contributed by atoms with Gasteiger partial charge < -0.3 is 15.3 Å². The minimum atomic E-state index is -0.701. The number of likely N-dealkylation sites (N-methyl/N-ethyl adjacent to an activating group) is 1. The molecule has 0 aliphatic carbocycles. The minimum absolute atomic E-state index is 0.0237. The lowest BCUT2D eigenvalue weighted by molar-refractivity contribution is -0.127. The molecule has 1 fully saturated rings. The Balaban J connectivity index is 1.55. The van der Waals surface area contributed by atoms with Crippen molar-refractivity contribution in [2.75, 3.05) is 39.8 Å². The van der Waals surface area contributed by atoms with E-state index in [1.165, 1.54) is 0 Å². The second-order valence-electron chi connectivity index (χ2n) is 6.88. The van der Waals surface area contributed by atoms with Gasteiger partial charge in [-0.25, -0.2) is 0 Å². The van der Waals surface area contributed by atoms with E-state index in [1.807, 2.05) is 49.4 Å². The molecule has 2 aromatic carbocycles. The van der Waals surface area contributed by atoms with Gasteiger partial charge in [-0.15, -0.1) is 0 Å². The maximum absolute atomic E-state index is 12.4. The lowest BCUT2D eigenvalue weighted by Gasteiger charge is -2.35. The Bertz CT molecular complexity index is 726. The van der Waals surface area contributed by atoms with E-state index < -0.39 is 6.10 Å². The molecule has 0 radical (unpaired) electrons. The average molecular weight is 341 g/mol. The van der Waals surface area contributed by atoms with Crippen LogP contribution < -0.4 is 5.32 Å². The van der Waals surface area contributed by atoms with Crippen LogP contribution in [0.2, 0.25) is 0 Å². The zero-order valence-electron chi connectivity index (χ0n) is 15.0. The number of aliphatic hydroxyl groups is 1. The summed E-state index contributed by atoms with van der Waals surface area (Å²) in [5.74, 6) is -0.0237. The van der Waals surface area contributed by atoms with Gasteiger partial charge in [-0.2, -0.15) is 0 Å². The van der Waals surface area contributed by atoms with Crippen LogP contribution in [-0.4, -0.2) is 66.6 Å². The standard InChI is InChI=1S/C20H27N3O2/c1-15(23-11-9-22(2)10-12-23)20(25)21-14-19(24)18-8-7-16-5-3-4-6-17(16)13-18/h3-8,13,15,19,24H,9-12,14H2,1-2H3,(H,21,25). The molecule has 5 nitrogen and oxygen atoms in total. The van der Waals surface area contributed by atoms with Gasteiger partial charge in [-0.3, -0.25) is 9.69 Å². The second-order valence-corrected chi connectivity index (χ2v) is 6.88. The van der Waals surface area contributed by atoms with Crippen molar-refractivity contribution < 1.29 is 9.90 Å². The summed E-state index contributed by atoms with van der Waals surface area (Å²) in [5.41, 5.74) is 0.825. The number of hydrogen-bond acceptors (Lipinski definition) is 4. The number of fused-ring (bicyclic) bond motifs is 1. The molecule has 1 amide bonds. The first-order valence-electron chi connectivity index (χ1n) is 8.91. The number of aliphatic hydroxyl groups excluding tert-OH is 1. The van der Waals surface area contributed by atoms with E-state index in [9.17, 15) is 9.90 Å². The summed E-state index contributed by atoms with van der Waals surface area (Å²) < 4.78 is 0. The summed E-state index contributed by atoms with van der Waals surface area (Å²) in [6.07, 6.45) is -0.701. The third-order valence-corrected chi connectivity index (χ3v) is 5.09. The molecule has 1 heterocycles. The predicted octanol–water partition coefficient (Wildman–Crippen LogP) is 1.63. The molecule has 2 unspecified atom stereocenters. The van der Waals surface area contributed by atoms with Crippen LogP contribution in [0.3, 0.4) is 0 Å². The van der Waals surface area contributed by atoms with Crippen LogP contribution in [0.5, 0.6) is 0 Å². The van der Waals surface area contributed by atoms with Crippen LogP contribution >= 0.6 is 0 Å². The fourth-order valence-corrected chi connectivity index (χ4v) is 3.25. The number of hydrogen-bond donors (Lipinski definition) is 2. The van der Waals surface area contributed by atoms with Crippen molar-refractivity contribution >= 4 is 16.7 Å². The van der Waals surface area contributed by atoms with Crippen LogP contribution in [0.25, 0.3) is 10.8 Å². The highest BCUT2D eigenvalue weighted by atomic mass is 16.3. The highest BCUT2D eigenvalue weighted by molar-refractivity contribution is 5.83. The first kappa shape index (κ1) is 17.9. The molecule has 1 aliphatic rings. The molecule has 3 rings (SSSR count). The molecule has 2 N–H and O–H groups in total. The number of carbonyl (C=O) groups excluding carboxylic acids is 1. The van der Waals surface area contributed by atoms with E-state index in [-0.39, 0.29) is 18.5 Å². The van der Waals surface area contributed by atoms with E-state index in [2.05, 4.69) is 22.2 Å². The first-order chi connectivity index (χ1) is 12.0. The van der Waals surface area contributed by atoms with Crippen molar-refractivity contribution in [1.82, 2.24) is 15.1 Å². The number of piperazine rings is 1. The van der Waals surface area contributed by atoms with Crippen molar-refractivity contribution in [2.24, 2.45) is 0 Å². The number of benzene rings is 2. The fourth-order valence-electron chi connectivity index (χ4n) is 3.25. The number of carbonyl (C=O) groups is 1. The molecular weight excluding hydrogens is 314 g/mol. The monoisotopic (exact) mass is 341 g/mol. The highest BCUT2D eigenvalue weighted by Crippen LogP contribution is 2.20. The molecule has 0 bridgehead atoms. The molecule has 25 heavy (non-hydrogen) atoms. The highest BCUT2D eigenvalue weighted by Gasteiger charge is 2.24. The second kappa shape index (κ2) is 7.95. The largest absolute Gasteiger partial charge is 0.387 e. The minimum Gasteiger partial charge on any atom is -0.387 e. The van der Waals surface area contributed by atoms with E-state index in [0.717, 1.165) is 42.5 Å². The van der Waals surface area contributed by atoms with E-state index in [4.69, 9.17) is 0 Å². The molecule has 2 aromatic rings. The van der Waals surface area contributed by atoms with E-state index in [0.29, 0.717) is 0 Å². The predicted molar refractivity (Wildman–Crippen MR) is 100 cm³/mol. The maximum Gasteiger partial charge on any atom is 0.237 e. The third-order valence-electron chi connectivity index (χ3n) is 5.09. The summed E-state index contributed by atoms with van der Waals surface area (Å²) in [6.45, 7) is 5.93. The van der Waals surface area contributed by atoms with E-state index >= 15 is 0 Å². The Kier molecular flexibility index (Phi) is 5.68. The van der Waals surface area contributed by atoms with E-state index in [1.54, 1.807) is 0 Å². The van der Waals surface area contributed by atoms with Crippen LogP contribution in [0.4, 0.5) is 0 Å². The van der Waals surface area contributed by atoms with Crippen LogP contribution in [0.1, 0.15) is 18.6 Å². The molecule has 1 saturated heterocycles. The average Bonchev–Trinajstić information content (AvgIpc) is 2.65. The van der Waals surface area contributed by atoms with Gasteiger partial charge in [0, 0.05) is 32.7 Å². The molecule has 0 saturated carbocycles. The van der Waals surface area contributed by atoms with Crippen LogP contribution in [-0.2, 0) is 4.79 Å². The third kappa shape index (κ3) is 4.37. The lowest BCUT2D eigenvalue weighted by atomic mass is 10.0. The molecule has 134 valence electrons. The summed E-state index contributed by atoms with van der Waals surface area (Å²) in [6, 6.07) is 13.8. The normalized spacial score (nSPS) is 18.8. The van der Waals surface area contributed by atoms with Gasteiger partial charge in [0.05, 0.1) is 12.1 Å². The summed E-state index contributed by atoms with van der Waals surface area (Å²) in [7, 11) is 2.10. The maximum atomic E-state index is 12.4. The molecular formula is C20H27N3O2. The van der Waals surface area contributed by atoms with Crippen molar-refractivity contribution in [3.8, 4) is 0 Å². The number of nitrogens with one attached hydrogen (secondary N) is 1. The van der Waals surface area contributed by atoms with Crippen molar-refractivity contribution in [2.45, 2.75) is 19.1 Å². The Morgan fingerprint density at radius 1 is 1.12 bits per heavy atom. The summed E-state index contributed by atoms with van der Waals surface area (Å²) in [4.78, 5) is 16.9. The van der Waals surface area contributed by atoms with Gasteiger partial charge in [-0.1, -0.05) is 36.4 Å². The van der Waals surface area contributed by atoms with Crippen molar-refractivity contribution in [1.29, 1.82) is 0 Å². The molecule has 1 aliphatic heterocycles. The molecule has 0 aromatic heterocycles. The van der Waals surface area contributed by atoms with Gasteiger partial charge in [-0.05, 0) is 36.4 Å². The summed E-state index contributed by atoms with van der Waals surface area (Å²) in [5, 5.41) is 15.6. The van der Waals surface area contributed by atoms with Gasteiger partial charge in [0.1, 0.15) is 0 Å². The van der Waals surface area contributed by atoms with Gasteiger partial charge in [0.15, 0.2) is 0 Å². The van der Waals surface area contributed by atoms with Gasteiger partial charge in [0.2, 0.25) is 5.91 Å². The molecule has 2 atom stereocenters. The lowest BCUT2D eigenvalue weighted by Crippen LogP contribution is -2.53. The topological polar surface area (TPSA) is 55.8 Å². The zero-order chi connectivity index (χ0) is 17.8. The van der Waals surface area contributed by atoms with Gasteiger partial charge >= 0.3 is 0 Å². The Morgan fingerprint density at radius 3 is 2.52 bits per heavy atom. The summed E-state index contributed by atoms with van der Waals surface area (Å²) >= 11 is 0. The van der Waals surface area contributed by atoms with Crippen molar-refractivity contribution in [3.63, 3.8) is 0 Å². The van der Waals surface area contributed by atoms with Crippen molar-refractivity contribution in [3.05, 3.63) is 48.0 Å². The number of rotatable bonds is 5. The Morgan fingerprint density at radius 2 is 1.80 bits per heavy atom. The number of nitrogens with zero attached hydrogens (tertiary/aromatic N) is 2. The zero-order valence-corrected chi connectivity index (χ0v) is 15.0. The molecule has 5 heteroatoms. The SMILES string of the molecule is CC(C(=O)NCC(O)c1ccc2ccccc2c1)N1CCN(C)CC1. The van der Waals surface area contributed by atoms with Gasteiger partial charge in [0.25, 0.3) is 0 Å². The molecule has 0 spiro atoms. The number of amides is 1. The quantitative estimate of drug-likeness (QED) is 0.868. The smallest absolute Gasteiger partial charge is 0.237 e. The Labute approximate surface area is 149 Å². The Hall–Kier alpha value is -1.95.